The van der Waals surface area contributed by atoms with E-state index in [0.717, 1.165) is 12.8 Å². The number of hydrogen-bond acceptors (Lipinski definition) is 2. The van der Waals surface area contributed by atoms with Crippen molar-refractivity contribution in [3.63, 3.8) is 0 Å². The number of rotatable bonds is 5. The number of benzene rings is 1. The molecule has 1 saturated carbocycles. The third kappa shape index (κ3) is 5.86. The Bertz CT molecular complexity index is 594. The first-order chi connectivity index (χ1) is 12.3. The van der Waals surface area contributed by atoms with Crippen molar-refractivity contribution in [2.24, 2.45) is 0 Å². The molecule has 1 fully saturated rings. The number of nitrogens with zero attached hydrogens (tertiary/aromatic N) is 1. The average molecular weight is 359 g/mol. The summed E-state index contributed by atoms with van der Waals surface area (Å²) in [6.45, 7) is 9.20. The van der Waals surface area contributed by atoms with Crippen LogP contribution in [0.3, 0.4) is 0 Å². The van der Waals surface area contributed by atoms with Crippen LogP contribution in [0.1, 0.15) is 82.1 Å². The highest BCUT2D eigenvalue weighted by Crippen LogP contribution is 2.23. The number of nitrogens with one attached hydrogen (secondary N) is 1. The van der Waals surface area contributed by atoms with Crippen molar-refractivity contribution in [2.45, 2.75) is 77.7 Å². The smallest absolute Gasteiger partial charge is 0.251 e. The van der Waals surface area contributed by atoms with Crippen LogP contribution >= 0.6 is 0 Å². The molecule has 0 saturated heterocycles. The monoisotopic (exact) mass is 358 g/mol. The Balaban J connectivity index is 1.88. The van der Waals surface area contributed by atoms with Crippen LogP contribution in [0, 0.1) is 0 Å². The van der Waals surface area contributed by atoms with Crippen LogP contribution in [0.2, 0.25) is 0 Å². The molecule has 0 radical (unpaired) electrons. The highest BCUT2D eigenvalue weighted by atomic mass is 16.2. The van der Waals surface area contributed by atoms with Gasteiger partial charge in [-0.1, -0.05) is 58.6 Å². The lowest BCUT2D eigenvalue weighted by Gasteiger charge is -2.30. The lowest BCUT2D eigenvalue weighted by Crippen LogP contribution is -2.43. The van der Waals surface area contributed by atoms with Gasteiger partial charge in [0.05, 0.1) is 0 Å². The Morgan fingerprint density at radius 1 is 1.04 bits per heavy atom. The third-order valence-electron chi connectivity index (χ3n) is 5.32. The number of hydrogen-bond donors (Lipinski definition) is 1. The average Bonchev–Trinajstić information content (AvgIpc) is 2.86. The summed E-state index contributed by atoms with van der Waals surface area (Å²) >= 11 is 0. The van der Waals surface area contributed by atoms with E-state index in [4.69, 9.17) is 0 Å². The van der Waals surface area contributed by atoms with Crippen molar-refractivity contribution < 1.29 is 9.59 Å². The predicted molar refractivity (Wildman–Crippen MR) is 106 cm³/mol. The molecule has 0 aromatic heterocycles. The molecule has 4 nitrogen and oxygen atoms in total. The van der Waals surface area contributed by atoms with Crippen LogP contribution in [0.4, 0.5) is 0 Å². The first kappa shape index (κ1) is 20.5. The Kier molecular flexibility index (Phi) is 7.24. The van der Waals surface area contributed by atoms with Gasteiger partial charge in [-0.2, -0.15) is 0 Å². The van der Waals surface area contributed by atoms with E-state index in [0.29, 0.717) is 24.7 Å². The summed E-state index contributed by atoms with van der Waals surface area (Å²) in [5.41, 5.74) is 1.96. The second-order valence-corrected chi connectivity index (χ2v) is 8.44. The zero-order valence-corrected chi connectivity index (χ0v) is 16.8. The Morgan fingerprint density at radius 3 is 2.12 bits per heavy atom. The summed E-state index contributed by atoms with van der Waals surface area (Å²) in [5.74, 6) is 0.0375. The molecular formula is C22H34N2O2. The van der Waals surface area contributed by atoms with E-state index in [-0.39, 0.29) is 17.2 Å². The van der Waals surface area contributed by atoms with E-state index in [1.807, 2.05) is 29.2 Å². The van der Waals surface area contributed by atoms with Crippen LogP contribution < -0.4 is 5.32 Å². The minimum absolute atomic E-state index is 0.0742. The summed E-state index contributed by atoms with van der Waals surface area (Å²) in [4.78, 5) is 26.4. The standard InChI is InChI=1S/C22H34N2O2/c1-17(25)24(20-9-7-5-6-8-10-20)16-15-23-21(26)18-11-13-19(14-12-18)22(2,3)4/h11-14,20H,5-10,15-16H2,1-4H3,(H,23,26). The minimum atomic E-state index is -0.0742. The van der Waals surface area contributed by atoms with Crippen molar-refractivity contribution in [2.75, 3.05) is 13.1 Å². The first-order valence-electron chi connectivity index (χ1n) is 9.95. The fourth-order valence-electron chi connectivity index (χ4n) is 3.68. The zero-order chi connectivity index (χ0) is 19.2. The minimum Gasteiger partial charge on any atom is -0.350 e. The molecule has 0 aliphatic heterocycles. The lowest BCUT2D eigenvalue weighted by atomic mass is 9.87. The Labute approximate surface area is 158 Å². The molecular weight excluding hydrogens is 324 g/mol. The number of carbonyl (C=O) groups excluding carboxylic acids is 2. The van der Waals surface area contributed by atoms with E-state index in [2.05, 4.69) is 26.1 Å². The summed E-state index contributed by atoms with van der Waals surface area (Å²) in [7, 11) is 0. The van der Waals surface area contributed by atoms with Crippen molar-refractivity contribution in [3.05, 3.63) is 35.4 Å². The molecule has 2 amide bonds. The van der Waals surface area contributed by atoms with E-state index in [9.17, 15) is 9.59 Å². The molecule has 0 bridgehead atoms. The van der Waals surface area contributed by atoms with Crippen LogP contribution in [0.25, 0.3) is 0 Å². The molecule has 2 rings (SSSR count). The van der Waals surface area contributed by atoms with Gasteiger partial charge < -0.3 is 10.2 Å². The lowest BCUT2D eigenvalue weighted by molar-refractivity contribution is -0.131. The molecule has 0 spiro atoms. The second-order valence-electron chi connectivity index (χ2n) is 8.44. The zero-order valence-electron chi connectivity index (χ0n) is 16.8. The van der Waals surface area contributed by atoms with Gasteiger partial charge in [0.25, 0.3) is 5.91 Å². The molecule has 1 aromatic rings. The van der Waals surface area contributed by atoms with Crippen molar-refractivity contribution in [1.82, 2.24) is 10.2 Å². The predicted octanol–water partition coefficient (Wildman–Crippen LogP) is 4.29. The fourth-order valence-corrected chi connectivity index (χ4v) is 3.68. The highest BCUT2D eigenvalue weighted by Gasteiger charge is 2.22. The quantitative estimate of drug-likeness (QED) is 0.799. The van der Waals surface area contributed by atoms with Gasteiger partial charge in [-0.05, 0) is 36.0 Å². The maximum Gasteiger partial charge on any atom is 0.251 e. The number of amides is 2. The van der Waals surface area contributed by atoms with Gasteiger partial charge in [-0.15, -0.1) is 0 Å². The fraction of sp³-hybridized carbons (Fsp3) is 0.636. The first-order valence-corrected chi connectivity index (χ1v) is 9.95. The van der Waals surface area contributed by atoms with Crippen molar-refractivity contribution >= 4 is 11.8 Å². The molecule has 144 valence electrons. The van der Waals surface area contributed by atoms with Crippen molar-refractivity contribution in [3.8, 4) is 0 Å². The molecule has 0 atom stereocenters. The largest absolute Gasteiger partial charge is 0.350 e. The van der Waals surface area contributed by atoms with Crippen LogP contribution in [0.15, 0.2) is 24.3 Å². The maximum absolute atomic E-state index is 12.4. The summed E-state index contributed by atoms with van der Waals surface area (Å²) in [5, 5.41) is 2.96. The van der Waals surface area contributed by atoms with Crippen LogP contribution in [-0.2, 0) is 10.2 Å². The Hall–Kier alpha value is -1.84. The Morgan fingerprint density at radius 2 is 1.62 bits per heavy atom. The third-order valence-corrected chi connectivity index (χ3v) is 5.32. The summed E-state index contributed by atoms with van der Waals surface area (Å²) < 4.78 is 0. The van der Waals surface area contributed by atoms with Crippen molar-refractivity contribution in [1.29, 1.82) is 0 Å². The normalized spacial score (nSPS) is 16.0. The molecule has 1 aliphatic rings. The SMILES string of the molecule is CC(=O)N(CCNC(=O)c1ccc(C(C)(C)C)cc1)C1CCCCCC1. The maximum atomic E-state index is 12.4. The summed E-state index contributed by atoms with van der Waals surface area (Å²) in [6.07, 6.45) is 7.10. The molecule has 4 heteroatoms. The van der Waals surface area contributed by atoms with Gasteiger partial charge >= 0.3 is 0 Å². The van der Waals surface area contributed by atoms with E-state index in [1.165, 1.54) is 31.2 Å². The number of carbonyl (C=O) groups is 2. The van der Waals surface area contributed by atoms with E-state index in [1.54, 1.807) is 6.92 Å². The van der Waals surface area contributed by atoms with Gasteiger partial charge in [0.2, 0.25) is 5.91 Å². The van der Waals surface area contributed by atoms with E-state index >= 15 is 0 Å². The molecule has 0 unspecified atom stereocenters. The van der Waals surface area contributed by atoms with Gasteiger partial charge in [-0.25, -0.2) is 0 Å². The molecule has 1 aliphatic carbocycles. The van der Waals surface area contributed by atoms with Gasteiger partial charge in [0.15, 0.2) is 0 Å². The van der Waals surface area contributed by atoms with Gasteiger partial charge in [-0.3, -0.25) is 9.59 Å². The van der Waals surface area contributed by atoms with Crippen LogP contribution in [0.5, 0.6) is 0 Å². The van der Waals surface area contributed by atoms with E-state index < -0.39 is 0 Å². The topological polar surface area (TPSA) is 49.4 Å². The summed E-state index contributed by atoms with van der Waals surface area (Å²) in [6, 6.07) is 8.12. The van der Waals surface area contributed by atoms with Gasteiger partial charge in [0.1, 0.15) is 0 Å². The molecule has 1 N–H and O–H groups in total. The van der Waals surface area contributed by atoms with Crippen LogP contribution in [-0.4, -0.2) is 35.8 Å². The second kappa shape index (κ2) is 9.20. The molecule has 0 heterocycles. The molecule has 1 aromatic carbocycles. The molecule has 26 heavy (non-hydrogen) atoms. The van der Waals surface area contributed by atoms with Gasteiger partial charge in [0, 0.05) is 31.6 Å². The highest BCUT2D eigenvalue weighted by molar-refractivity contribution is 5.94.